The molecule has 3 aromatic rings. The van der Waals surface area contributed by atoms with Gasteiger partial charge in [0.1, 0.15) is 6.61 Å². The third-order valence-electron chi connectivity index (χ3n) is 3.70. The van der Waals surface area contributed by atoms with E-state index in [4.69, 9.17) is 9.47 Å². The van der Waals surface area contributed by atoms with Gasteiger partial charge in [0.25, 0.3) is 11.8 Å². The Morgan fingerprint density at radius 3 is 2.41 bits per heavy atom. The van der Waals surface area contributed by atoms with Crippen molar-refractivity contribution in [3.8, 4) is 11.5 Å². The highest BCUT2D eigenvalue weighted by Crippen LogP contribution is 2.28. The number of methoxy groups -OCH3 is 1. The zero-order valence-corrected chi connectivity index (χ0v) is 15.4. The van der Waals surface area contributed by atoms with Gasteiger partial charge in [0.05, 0.1) is 12.0 Å². The zero-order chi connectivity index (χ0) is 19.1. The topological polar surface area (TPSA) is 76.7 Å². The average Bonchev–Trinajstić information content (AvgIpc) is 3.26. The van der Waals surface area contributed by atoms with Gasteiger partial charge in [-0.25, -0.2) is 0 Å². The summed E-state index contributed by atoms with van der Waals surface area (Å²) in [4.78, 5) is 24.6. The number of carbonyl (C=O) groups excluding carboxylic acids is 2. The Hall–Kier alpha value is -3.32. The minimum absolute atomic E-state index is 0.338. The van der Waals surface area contributed by atoms with Crippen LogP contribution in [0.15, 0.2) is 66.0 Å². The van der Waals surface area contributed by atoms with E-state index in [2.05, 4.69) is 10.9 Å². The first kappa shape index (κ1) is 18.5. The van der Waals surface area contributed by atoms with Crippen molar-refractivity contribution < 1.29 is 19.1 Å². The van der Waals surface area contributed by atoms with E-state index in [-0.39, 0.29) is 5.91 Å². The number of nitrogens with one attached hydrogen (secondary N) is 2. The molecule has 7 heteroatoms. The Morgan fingerprint density at radius 2 is 1.70 bits per heavy atom. The van der Waals surface area contributed by atoms with Gasteiger partial charge in [-0.05, 0) is 35.2 Å². The molecule has 0 spiro atoms. The summed E-state index contributed by atoms with van der Waals surface area (Å²) >= 11 is 1.29. The molecule has 0 atom stereocenters. The van der Waals surface area contributed by atoms with Gasteiger partial charge in [-0.15, -0.1) is 11.3 Å². The maximum Gasteiger partial charge on any atom is 0.279 e. The van der Waals surface area contributed by atoms with Crippen LogP contribution < -0.4 is 20.3 Å². The van der Waals surface area contributed by atoms with Crippen LogP contribution in [0.2, 0.25) is 0 Å². The molecule has 2 N–H and O–H groups in total. The lowest BCUT2D eigenvalue weighted by Gasteiger charge is -2.12. The van der Waals surface area contributed by atoms with Crippen molar-refractivity contribution in [3.05, 3.63) is 82.0 Å². The molecule has 0 unspecified atom stereocenters. The number of ether oxygens (including phenoxy) is 2. The van der Waals surface area contributed by atoms with Crippen LogP contribution in [0.4, 0.5) is 0 Å². The Morgan fingerprint density at radius 1 is 0.926 bits per heavy atom. The van der Waals surface area contributed by atoms with Crippen molar-refractivity contribution in [3.63, 3.8) is 0 Å². The number of carbonyl (C=O) groups is 2. The number of hydrogen-bond donors (Lipinski definition) is 2. The van der Waals surface area contributed by atoms with Crippen molar-refractivity contribution in [2.75, 3.05) is 7.11 Å². The third kappa shape index (κ3) is 4.86. The van der Waals surface area contributed by atoms with Crippen molar-refractivity contribution in [1.82, 2.24) is 10.9 Å². The number of hydrazine groups is 1. The predicted molar refractivity (Wildman–Crippen MR) is 103 cm³/mol. The molecule has 0 aliphatic carbocycles. The first-order valence-electron chi connectivity index (χ1n) is 8.16. The minimum Gasteiger partial charge on any atom is -0.493 e. The SMILES string of the molecule is COc1cc(C(=O)NNC(=O)c2cccs2)ccc1OCc1ccccc1. The van der Waals surface area contributed by atoms with Crippen LogP contribution in [0.3, 0.4) is 0 Å². The molecule has 0 aliphatic rings. The molecule has 138 valence electrons. The largest absolute Gasteiger partial charge is 0.493 e. The lowest BCUT2D eigenvalue weighted by atomic mass is 10.2. The van der Waals surface area contributed by atoms with Crippen LogP contribution in [0.25, 0.3) is 0 Å². The molecule has 1 aromatic heterocycles. The van der Waals surface area contributed by atoms with Crippen molar-refractivity contribution in [1.29, 1.82) is 0 Å². The zero-order valence-electron chi connectivity index (χ0n) is 14.6. The number of amides is 2. The molecule has 0 radical (unpaired) electrons. The fourth-order valence-corrected chi connectivity index (χ4v) is 2.94. The lowest BCUT2D eigenvalue weighted by Crippen LogP contribution is -2.41. The number of benzene rings is 2. The fourth-order valence-electron chi connectivity index (χ4n) is 2.32. The minimum atomic E-state index is -0.451. The standard InChI is InChI=1S/C20H18N2O4S/c1-25-17-12-15(19(23)21-22-20(24)18-8-5-11-27-18)9-10-16(17)26-13-14-6-3-2-4-7-14/h2-12H,13H2,1H3,(H,21,23)(H,22,24). The van der Waals surface area contributed by atoms with E-state index in [9.17, 15) is 9.59 Å². The van der Waals surface area contributed by atoms with E-state index in [1.807, 2.05) is 30.3 Å². The monoisotopic (exact) mass is 382 g/mol. The Bertz CT molecular complexity index is 911. The lowest BCUT2D eigenvalue weighted by molar-refractivity contribution is 0.0848. The van der Waals surface area contributed by atoms with Crippen molar-refractivity contribution in [2.24, 2.45) is 0 Å². The van der Waals surface area contributed by atoms with Crippen LogP contribution in [0.1, 0.15) is 25.6 Å². The van der Waals surface area contributed by atoms with E-state index in [0.717, 1.165) is 5.56 Å². The molecule has 2 amide bonds. The number of rotatable bonds is 6. The Balaban J connectivity index is 1.62. The highest BCUT2D eigenvalue weighted by Gasteiger charge is 2.13. The van der Waals surface area contributed by atoms with Crippen molar-refractivity contribution in [2.45, 2.75) is 6.61 Å². The smallest absolute Gasteiger partial charge is 0.279 e. The number of thiophene rings is 1. The molecule has 1 heterocycles. The predicted octanol–water partition coefficient (Wildman–Crippen LogP) is 3.41. The van der Waals surface area contributed by atoms with Gasteiger partial charge in [0, 0.05) is 5.56 Å². The molecule has 0 bridgehead atoms. The second-order valence-corrected chi connectivity index (χ2v) is 6.47. The molecule has 6 nitrogen and oxygen atoms in total. The van der Waals surface area contributed by atoms with E-state index in [1.54, 1.807) is 35.7 Å². The summed E-state index contributed by atoms with van der Waals surface area (Å²) in [7, 11) is 1.50. The van der Waals surface area contributed by atoms with Gasteiger partial charge < -0.3 is 9.47 Å². The van der Waals surface area contributed by atoms with E-state index in [1.165, 1.54) is 18.4 Å². The summed E-state index contributed by atoms with van der Waals surface area (Å²) in [5.41, 5.74) is 6.13. The summed E-state index contributed by atoms with van der Waals surface area (Å²) < 4.78 is 11.1. The molecule has 0 saturated heterocycles. The maximum atomic E-state index is 12.3. The molecule has 3 rings (SSSR count). The first-order valence-corrected chi connectivity index (χ1v) is 9.04. The van der Waals surface area contributed by atoms with Crippen LogP contribution >= 0.6 is 11.3 Å². The van der Waals surface area contributed by atoms with Crippen LogP contribution in [-0.4, -0.2) is 18.9 Å². The van der Waals surface area contributed by atoms with Gasteiger partial charge in [-0.2, -0.15) is 0 Å². The number of hydrogen-bond acceptors (Lipinski definition) is 5. The van der Waals surface area contributed by atoms with Gasteiger partial charge in [-0.1, -0.05) is 36.4 Å². The second-order valence-electron chi connectivity index (χ2n) is 5.53. The summed E-state index contributed by atoms with van der Waals surface area (Å²) in [5, 5.41) is 1.79. The van der Waals surface area contributed by atoms with Gasteiger partial charge in [0.2, 0.25) is 0 Å². The third-order valence-corrected chi connectivity index (χ3v) is 4.57. The molecule has 0 fully saturated rings. The van der Waals surface area contributed by atoms with E-state index >= 15 is 0 Å². The van der Waals surface area contributed by atoms with Gasteiger partial charge >= 0.3 is 0 Å². The van der Waals surface area contributed by atoms with Crippen molar-refractivity contribution >= 4 is 23.2 Å². The Kier molecular flexibility index (Phi) is 6.06. The quantitative estimate of drug-likeness (QED) is 0.641. The Labute approximate surface area is 160 Å². The normalized spacial score (nSPS) is 10.1. The first-order chi connectivity index (χ1) is 13.2. The molecule has 2 aromatic carbocycles. The molecular weight excluding hydrogens is 364 g/mol. The summed E-state index contributed by atoms with van der Waals surface area (Å²) in [6, 6.07) is 18.0. The summed E-state index contributed by atoms with van der Waals surface area (Å²) in [5.74, 6) is 0.143. The van der Waals surface area contributed by atoms with Crippen LogP contribution in [-0.2, 0) is 6.61 Å². The molecule has 27 heavy (non-hydrogen) atoms. The maximum absolute atomic E-state index is 12.3. The van der Waals surface area contributed by atoms with Crippen LogP contribution in [0.5, 0.6) is 11.5 Å². The van der Waals surface area contributed by atoms with Crippen LogP contribution in [0, 0.1) is 0 Å². The highest BCUT2D eigenvalue weighted by molar-refractivity contribution is 7.12. The fraction of sp³-hybridized carbons (Fsp3) is 0.100. The molecule has 0 saturated carbocycles. The second kappa shape index (κ2) is 8.86. The van der Waals surface area contributed by atoms with Gasteiger partial charge in [0.15, 0.2) is 11.5 Å². The molecular formula is C20H18N2O4S. The highest BCUT2D eigenvalue weighted by atomic mass is 32.1. The van der Waals surface area contributed by atoms with E-state index < -0.39 is 5.91 Å². The summed E-state index contributed by atoms with van der Waals surface area (Å²) in [6.45, 7) is 0.389. The average molecular weight is 382 g/mol. The summed E-state index contributed by atoms with van der Waals surface area (Å²) in [6.07, 6.45) is 0. The molecule has 0 aliphatic heterocycles. The van der Waals surface area contributed by atoms with E-state index in [0.29, 0.717) is 28.5 Å². The van der Waals surface area contributed by atoms with Gasteiger partial charge in [-0.3, -0.25) is 20.4 Å².